The van der Waals surface area contributed by atoms with Crippen LogP contribution in [0.15, 0.2) is 42.5 Å². The highest BCUT2D eigenvalue weighted by atomic mass is 19.1. The van der Waals surface area contributed by atoms with Gasteiger partial charge < -0.3 is 19.9 Å². The van der Waals surface area contributed by atoms with Gasteiger partial charge in [-0.3, -0.25) is 19.7 Å². The molecule has 2 saturated heterocycles. The Morgan fingerprint density at radius 3 is 2.66 bits per heavy atom. The number of anilines is 1. The second-order valence-corrected chi connectivity index (χ2v) is 11.5. The zero-order valence-corrected chi connectivity index (χ0v) is 22.6. The highest BCUT2D eigenvalue weighted by molar-refractivity contribution is 6.02. The number of ether oxygens (including phenoxy) is 1. The molecule has 4 aliphatic rings. The van der Waals surface area contributed by atoms with E-state index in [-0.39, 0.29) is 42.3 Å². The molecule has 3 aliphatic heterocycles. The van der Waals surface area contributed by atoms with E-state index in [0.29, 0.717) is 18.9 Å². The van der Waals surface area contributed by atoms with Crippen molar-refractivity contribution in [3.8, 4) is 11.8 Å². The highest BCUT2D eigenvalue weighted by Gasteiger charge is 2.57. The maximum atomic E-state index is 14.3. The zero-order chi connectivity index (χ0) is 28.9. The summed E-state index contributed by atoms with van der Waals surface area (Å²) < 4.78 is 34.1. The Morgan fingerprint density at radius 2 is 1.95 bits per heavy atom. The lowest BCUT2D eigenvalue weighted by molar-refractivity contribution is -0.146. The van der Waals surface area contributed by atoms with Crippen LogP contribution in [0.25, 0.3) is 0 Å². The number of hydrogen-bond donors (Lipinski definition) is 2. The van der Waals surface area contributed by atoms with E-state index in [4.69, 9.17) is 4.74 Å². The Morgan fingerprint density at radius 1 is 1.20 bits per heavy atom. The third-order valence-electron chi connectivity index (χ3n) is 8.73. The SMILES string of the molecule is CN(C(=O)[C@@H]1CC[C@@H](c2ccccc2)N1)[C@@H](CC1CC1)C(=O)N1C[C@@]2(C[C@H]1C#N)Oc1cc(F)cc(F)c1NC2=O. The van der Waals surface area contributed by atoms with E-state index < -0.39 is 47.2 Å². The summed E-state index contributed by atoms with van der Waals surface area (Å²) >= 11 is 0. The monoisotopic (exact) mass is 563 g/mol. The van der Waals surface area contributed by atoms with E-state index >= 15 is 0 Å². The third-order valence-corrected chi connectivity index (χ3v) is 8.73. The predicted octanol–water partition coefficient (Wildman–Crippen LogP) is 3.28. The topological polar surface area (TPSA) is 115 Å². The molecule has 3 amide bonds. The van der Waals surface area contributed by atoms with Crippen LogP contribution >= 0.6 is 0 Å². The van der Waals surface area contributed by atoms with Gasteiger partial charge in [-0.1, -0.05) is 43.2 Å². The van der Waals surface area contributed by atoms with E-state index in [0.717, 1.165) is 30.9 Å². The van der Waals surface area contributed by atoms with Crippen molar-refractivity contribution in [2.45, 2.75) is 68.3 Å². The van der Waals surface area contributed by atoms with Crippen molar-refractivity contribution in [1.29, 1.82) is 5.26 Å². The molecule has 1 spiro atoms. The standard InChI is InChI=1S/C30H31F2N5O4/c1-36(27(38)23-10-9-22(34-23)18-5-3-2-4-6-18)24(11-17-7-8-17)28(39)37-16-30(14-20(37)15-33)29(40)35-26-21(32)12-19(31)13-25(26)41-30/h2-6,12-13,17,20,22-24,34H,7-11,14,16H2,1H3,(H,35,40)/t20-,22-,23-,24-,30+/m0/s1. The Bertz CT molecular complexity index is 1430. The molecule has 6 rings (SSSR count). The fourth-order valence-corrected chi connectivity index (χ4v) is 6.26. The number of rotatable bonds is 6. The van der Waals surface area contributed by atoms with Crippen LogP contribution in [-0.2, 0) is 14.4 Å². The molecule has 0 aromatic heterocycles. The fraction of sp³-hybridized carbons (Fsp3) is 0.467. The van der Waals surface area contributed by atoms with Crippen molar-refractivity contribution in [2.24, 2.45) is 5.92 Å². The summed E-state index contributed by atoms with van der Waals surface area (Å²) in [7, 11) is 1.61. The molecule has 0 bridgehead atoms. The number of halogens is 2. The largest absolute Gasteiger partial charge is 0.473 e. The Balaban J connectivity index is 1.21. The second-order valence-electron chi connectivity index (χ2n) is 11.5. The van der Waals surface area contributed by atoms with Crippen molar-refractivity contribution < 1.29 is 27.9 Å². The van der Waals surface area contributed by atoms with Crippen LogP contribution in [0.5, 0.6) is 5.75 Å². The summed E-state index contributed by atoms with van der Waals surface area (Å²) in [6, 6.07) is 11.3. The molecular weight excluding hydrogens is 532 g/mol. The number of nitriles is 1. The van der Waals surface area contributed by atoms with Crippen LogP contribution < -0.4 is 15.4 Å². The first-order valence-corrected chi connectivity index (χ1v) is 14.0. The van der Waals surface area contributed by atoms with Gasteiger partial charge in [0.2, 0.25) is 17.4 Å². The molecule has 2 aromatic rings. The number of hydrogen-bond acceptors (Lipinski definition) is 6. The summed E-state index contributed by atoms with van der Waals surface area (Å²) in [4.78, 5) is 43.6. The molecule has 1 saturated carbocycles. The number of likely N-dealkylation sites (tertiary alicyclic amines) is 1. The minimum Gasteiger partial charge on any atom is -0.473 e. The van der Waals surface area contributed by atoms with Crippen LogP contribution in [0.1, 0.15) is 50.1 Å². The zero-order valence-electron chi connectivity index (χ0n) is 22.6. The molecule has 214 valence electrons. The minimum atomic E-state index is -1.69. The first-order valence-electron chi connectivity index (χ1n) is 14.0. The van der Waals surface area contributed by atoms with Gasteiger partial charge in [0.1, 0.15) is 23.6 Å². The normalized spacial score (nSPS) is 27.5. The smallest absolute Gasteiger partial charge is 0.270 e. The maximum absolute atomic E-state index is 14.3. The highest BCUT2D eigenvalue weighted by Crippen LogP contribution is 2.43. The molecule has 5 atom stereocenters. The van der Waals surface area contributed by atoms with Gasteiger partial charge in [-0.2, -0.15) is 5.26 Å². The van der Waals surface area contributed by atoms with Crippen LogP contribution in [0, 0.1) is 28.9 Å². The van der Waals surface area contributed by atoms with Gasteiger partial charge in [-0.15, -0.1) is 0 Å². The first kappa shape index (κ1) is 27.1. The average molecular weight is 564 g/mol. The number of likely N-dealkylation sites (N-methyl/N-ethyl adjacent to an activating group) is 1. The lowest BCUT2D eigenvalue weighted by atomic mass is 9.97. The molecule has 9 nitrogen and oxygen atoms in total. The van der Waals surface area contributed by atoms with E-state index in [1.54, 1.807) is 7.05 Å². The molecule has 0 radical (unpaired) electrons. The van der Waals surface area contributed by atoms with E-state index in [1.807, 2.05) is 30.3 Å². The number of amides is 3. The predicted molar refractivity (Wildman–Crippen MR) is 143 cm³/mol. The second kappa shape index (κ2) is 10.4. The van der Waals surface area contributed by atoms with Gasteiger partial charge in [0, 0.05) is 31.6 Å². The number of nitrogens with zero attached hydrogens (tertiary/aromatic N) is 3. The number of fused-ring (bicyclic) bond motifs is 1. The van der Waals surface area contributed by atoms with Gasteiger partial charge in [-0.25, -0.2) is 8.78 Å². The van der Waals surface area contributed by atoms with E-state index in [1.165, 1.54) is 9.80 Å². The molecule has 0 unspecified atom stereocenters. The van der Waals surface area contributed by atoms with Gasteiger partial charge in [0.25, 0.3) is 5.91 Å². The number of carbonyl (C=O) groups excluding carboxylic acids is 3. The summed E-state index contributed by atoms with van der Waals surface area (Å²) in [5, 5.41) is 15.8. The lowest BCUT2D eigenvalue weighted by Gasteiger charge is -2.36. The van der Waals surface area contributed by atoms with Crippen molar-refractivity contribution in [3.05, 3.63) is 59.7 Å². The van der Waals surface area contributed by atoms with Gasteiger partial charge in [0.15, 0.2) is 11.6 Å². The van der Waals surface area contributed by atoms with Crippen LogP contribution in [0.2, 0.25) is 0 Å². The lowest BCUT2D eigenvalue weighted by Crippen LogP contribution is -2.56. The van der Waals surface area contributed by atoms with Crippen molar-refractivity contribution in [1.82, 2.24) is 15.1 Å². The molecule has 11 heteroatoms. The average Bonchev–Trinajstić information content (AvgIpc) is 3.51. The molecule has 2 N–H and O–H groups in total. The Kier molecular flexibility index (Phi) is 6.90. The Hall–Kier alpha value is -4.04. The summed E-state index contributed by atoms with van der Waals surface area (Å²) in [6.07, 6.45) is 3.60. The van der Waals surface area contributed by atoms with E-state index in [2.05, 4.69) is 16.7 Å². The van der Waals surface area contributed by atoms with Gasteiger partial charge in [0.05, 0.1) is 18.7 Å². The fourth-order valence-electron chi connectivity index (χ4n) is 6.26. The molecule has 3 heterocycles. The number of nitrogens with one attached hydrogen (secondary N) is 2. The Labute approximate surface area is 236 Å². The van der Waals surface area contributed by atoms with Crippen LogP contribution in [0.3, 0.4) is 0 Å². The van der Waals surface area contributed by atoms with Crippen molar-refractivity contribution in [3.63, 3.8) is 0 Å². The summed E-state index contributed by atoms with van der Waals surface area (Å²) in [5.41, 5.74) is -0.871. The molecule has 41 heavy (non-hydrogen) atoms. The first-order chi connectivity index (χ1) is 19.7. The molecule has 2 aromatic carbocycles. The number of benzene rings is 2. The maximum Gasteiger partial charge on any atom is 0.270 e. The van der Waals surface area contributed by atoms with Crippen LogP contribution in [0.4, 0.5) is 14.5 Å². The molecular formula is C30H31F2N5O4. The number of carbonyl (C=O) groups is 3. The van der Waals surface area contributed by atoms with Crippen molar-refractivity contribution in [2.75, 3.05) is 18.9 Å². The van der Waals surface area contributed by atoms with E-state index in [9.17, 15) is 28.4 Å². The van der Waals surface area contributed by atoms with Gasteiger partial charge in [-0.05, 0) is 30.7 Å². The summed E-state index contributed by atoms with van der Waals surface area (Å²) in [5.74, 6) is -3.12. The molecule has 3 fully saturated rings. The van der Waals surface area contributed by atoms with Gasteiger partial charge >= 0.3 is 0 Å². The van der Waals surface area contributed by atoms with Crippen molar-refractivity contribution >= 4 is 23.4 Å². The third kappa shape index (κ3) is 5.01. The molecule has 1 aliphatic carbocycles. The minimum absolute atomic E-state index is 0.0389. The summed E-state index contributed by atoms with van der Waals surface area (Å²) in [6.45, 7) is -0.283. The van der Waals surface area contributed by atoms with Crippen LogP contribution in [-0.4, -0.2) is 64.8 Å². The quantitative estimate of drug-likeness (QED) is 0.558.